The molecule has 0 aliphatic heterocycles. The Hall–Kier alpha value is -3.69. The number of hydrogen-bond acceptors (Lipinski definition) is 5. The van der Waals surface area contributed by atoms with E-state index in [0.717, 1.165) is 19.3 Å². The van der Waals surface area contributed by atoms with Crippen LogP contribution in [-0.2, 0) is 16.0 Å². The van der Waals surface area contributed by atoms with Crippen molar-refractivity contribution < 1.29 is 24.3 Å². The van der Waals surface area contributed by atoms with Gasteiger partial charge in [0, 0.05) is 37.8 Å². The summed E-state index contributed by atoms with van der Waals surface area (Å²) in [5.74, 6) is -2.49. The van der Waals surface area contributed by atoms with Gasteiger partial charge in [-0.05, 0) is 18.6 Å². The number of unbranched alkanes of at least 4 members (excludes halogenated alkanes) is 2. The van der Waals surface area contributed by atoms with Crippen molar-refractivity contribution >= 4 is 23.7 Å². The third-order valence-corrected chi connectivity index (χ3v) is 4.73. The van der Waals surface area contributed by atoms with Crippen molar-refractivity contribution in [3.05, 3.63) is 53.6 Å². The molecule has 0 unspecified atom stereocenters. The first-order chi connectivity index (χ1) is 15.4. The molecule has 0 spiro atoms. The maximum absolute atomic E-state index is 12.5. The van der Waals surface area contributed by atoms with Crippen molar-refractivity contribution in [2.75, 3.05) is 13.1 Å². The summed E-state index contributed by atoms with van der Waals surface area (Å²) in [5, 5.41) is 17.1. The molecular weight excluding hydrogens is 414 g/mol. The molecule has 3 amide bonds. The lowest BCUT2D eigenvalue weighted by Crippen LogP contribution is -2.43. The fourth-order valence-electron chi connectivity index (χ4n) is 3.02. The minimum Gasteiger partial charge on any atom is -0.480 e. The number of nitrogens with one attached hydrogen (secondary N) is 4. The number of aliphatic carboxylic acids is 1. The molecular formula is C22H29N5O5. The van der Waals surface area contributed by atoms with Crippen molar-refractivity contribution in [3.8, 4) is 0 Å². The van der Waals surface area contributed by atoms with Gasteiger partial charge in [-0.3, -0.25) is 14.4 Å². The van der Waals surface area contributed by atoms with Gasteiger partial charge in [0.15, 0.2) is 0 Å². The Morgan fingerprint density at radius 3 is 2.25 bits per heavy atom. The van der Waals surface area contributed by atoms with Crippen LogP contribution in [0.5, 0.6) is 0 Å². The number of hydrogen-bond donors (Lipinski definition) is 5. The third-order valence-electron chi connectivity index (χ3n) is 4.73. The smallest absolute Gasteiger partial charge is 0.326 e. The first kappa shape index (κ1) is 24.6. The summed E-state index contributed by atoms with van der Waals surface area (Å²) < 4.78 is 0. The monoisotopic (exact) mass is 443 g/mol. The maximum atomic E-state index is 12.5. The van der Waals surface area contributed by atoms with Crippen molar-refractivity contribution in [1.82, 2.24) is 25.9 Å². The fraction of sp³-hybridized carbons (Fsp3) is 0.409. The fourth-order valence-corrected chi connectivity index (χ4v) is 3.02. The molecule has 0 bridgehead atoms. The number of carbonyl (C=O) groups is 4. The molecule has 10 nitrogen and oxygen atoms in total. The Morgan fingerprint density at radius 2 is 1.69 bits per heavy atom. The van der Waals surface area contributed by atoms with E-state index < -0.39 is 23.8 Å². The van der Waals surface area contributed by atoms with Crippen LogP contribution in [0.25, 0.3) is 0 Å². The molecule has 2 rings (SSSR count). The zero-order valence-corrected chi connectivity index (χ0v) is 18.0. The van der Waals surface area contributed by atoms with Crippen LogP contribution < -0.4 is 16.0 Å². The van der Waals surface area contributed by atoms with E-state index in [1.807, 2.05) is 0 Å². The number of H-pyrrole nitrogens is 1. The average Bonchev–Trinajstić information content (AvgIpc) is 3.29. The van der Waals surface area contributed by atoms with Crippen molar-refractivity contribution in [3.63, 3.8) is 0 Å². The van der Waals surface area contributed by atoms with Crippen molar-refractivity contribution in [2.24, 2.45) is 0 Å². The van der Waals surface area contributed by atoms with Gasteiger partial charge in [-0.1, -0.05) is 31.9 Å². The van der Waals surface area contributed by atoms with E-state index in [9.17, 15) is 24.3 Å². The molecule has 0 saturated heterocycles. The molecule has 1 aromatic carbocycles. The van der Waals surface area contributed by atoms with Crippen LogP contribution in [0.2, 0.25) is 0 Å². The van der Waals surface area contributed by atoms with Crippen LogP contribution in [-0.4, -0.2) is 57.9 Å². The van der Waals surface area contributed by atoms with Gasteiger partial charge in [0.25, 0.3) is 11.8 Å². The number of rotatable bonds is 13. The quantitative estimate of drug-likeness (QED) is 0.294. The van der Waals surface area contributed by atoms with Crippen molar-refractivity contribution in [2.45, 2.75) is 45.1 Å². The summed E-state index contributed by atoms with van der Waals surface area (Å²) in [6.07, 6.45) is 5.78. The lowest BCUT2D eigenvalue weighted by atomic mass is 10.1. The number of nitrogens with zero attached hydrogens (tertiary/aromatic N) is 1. The molecule has 10 heteroatoms. The van der Waals surface area contributed by atoms with Gasteiger partial charge >= 0.3 is 5.97 Å². The number of aromatic nitrogens is 2. The van der Waals surface area contributed by atoms with Crippen LogP contribution in [0, 0.1) is 0 Å². The Labute approximate surface area is 186 Å². The molecule has 0 radical (unpaired) electrons. The number of benzene rings is 1. The van der Waals surface area contributed by atoms with Gasteiger partial charge in [-0.2, -0.15) is 0 Å². The second kappa shape index (κ2) is 12.9. The second-order valence-corrected chi connectivity index (χ2v) is 7.25. The maximum Gasteiger partial charge on any atom is 0.326 e. The number of amides is 3. The van der Waals surface area contributed by atoms with Gasteiger partial charge < -0.3 is 26.0 Å². The molecule has 2 aromatic rings. The van der Waals surface area contributed by atoms with E-state index in [2.05, 4.69) is 32.8 Å². The SMILES string of the molecule is CCCCCNC(=O)c1ccccc1C(=O)NCCC(=O)N[C@@H](Cc1cnc[nH]1)C(=O)O. The molecule has 32 heavy (non-hydrogen) atoms. The summed E-state index contributed by atoms with van der Waals surface area (Å²) >= 11 is 0. The van der Waals surface area contributed by atoms with Crippen LogP contribution >= 0.6 is 0 Å². The molecule has 1 aromatic heterocycles. The number of imidazole rings is 1. The number of carboxylic acid groups (broad SMARTS) is 1. The zero-order chi connectivity index (χ0) is 23.3. The lowest BCUT2D eigenvalue weighted by Gasteiger charge is -2.14. The van der Waals surface area contributed by atoms with Crippen LogP contribution in [0.3, 0.4) is 0 Å². The Balaban J connectivity index is 1.85. The van der Waals surface area contributed by atoms with E-state index in [1.54, 1.807) is 24.3 Å². The number of carbonyl (C=O) groups excluding carboxylic acids is 3. The van der Waals surface area contributed by atoms with E-state index in [0.29, 0.717) is 12.2 Å². The van der Waals surface area contributed by atoms with Gasteiger partial charge in [0.2, 0.25) is 5.91 Å². The zero-order valence-electron chi connectivity index (χ0n) is 18.0. The Bertz CT molecular complexity index is 913. The highest BCUT2D eigenvalue weighted by Gasteiger charge is 2.21. The first-order valence-corrected chi connectivity index (χ1v) is 10.6. The van der Waals surface area contributed by atoms with E-state index in [4.69, 9.17) is 0 Å². The molecule has 172 valence electrons. The van der Waals surface area contributed by atoms with E-state index in [-0.39, 0.29) is 36.4 Å². The molecule has 0 fully saturated rings. The number of aromatic amines is 1. The predicted molar refractivity (Wildman–Crippen MR) is 117 cm³/mol. The highest BCUT2D eigenvalue weighted by Crippen LogP contribution is 2.09. The van der Waals surface area contributed by atoms with Crippen LogP contribution in [0.4, 0.5) is 0 Å². The van der Waals surface area contributed by atoms with Gasteiger partial charge in [-0.15, -0.1) is 0 Å². The lowest BCUT2D eigenvalue weighted by molar-refractivity contribution is -0.141. The third kappa shape index (κ3) is 7.86. The predicted octanol–water partition coefficient (Wildman–Crippen LogP) is 1.26. The summed E-state index contributed by atoms with van der Waals surface area (Å²) in [6, 6.07) is 5.33. The van der Waals surface area contributed by atoms with Gasteiger partial charge in [-0.25, -0.2) is 9.78 Å². The minimum atomic E-state index is -1.17. The first-order valence-electron chi connectivity index (χ1n) is 10.6. The molecule has 5 N–H and O–H groups in total. The summed E-state index contributed by atoms with van der Waals surface area (Å²) in [6.45, 7) is 2.60. The highest BCUT2D eigenvalue weighted by molar-refractivity contribution is 6.07. The van der Waals surface area contributed by atoms with Crippen LogP contribution in [0.15, 0.2) is 36.8 Å². The highest BCUT2D eigenvalue weighted by atomic mass is 16.4. The molecule has 0 aliphatic carbocycles. The normalized spacial score (nSPS) is 11.4. The van der Waals surface area contributed by atoms with Gasteiger partial charge in [0.1, 0.15) is 6.04 Å². The summed E-state index contributed by atoms with van der Waals surface area (Å²) in [7, 11) is 0. The topological polar surface area (TPSA) is 153 Å². The standard InChI is InChI=1S/C22H29N5O5/c1-2-3-6-10-24-20(29)16-7-4-5-8-17(16)21(30)25-11-9-19(28)27-18(22(31)32)12-15-13-23-14-26-15/h4-5,7-8,13-14,18H,2-3,6,9-12H2,1H3,(H,23,26)(H,24,29)(H,25,30)(H,27,28)(H,31,32)/t18-/m0/s1. The summed E-state index contributed by atoms with van der Waals surface area (Å²) in [5.41, 5.74) is 1.05. The Morgan fingerprint density at radius 1 is 1.03 bits per heavy atom. The minimum absolute atomic E-state index is 0.00643. The molecule has 1 heterocycles. The van der Waals surface area contributed by atoms with Crippen molar-refractivity contribution in [1.29, 1.82) is 0 Å². The number of carboxylic acids is 1. The molecule has 0 aliphatic rings. The Kier molecular flexibility index (Phi) is 9.89. The largest absolute Gasteiger partial charge is 0.480 e. The van der Waals surface area contributed by atoms with Crippen LogP contribution in [0.1, 0.15) is 59.0 Å². The van der Waals surface area contributed by atoms with E-state index >= 15 is 0 Å². The summed E-state index contributed by atoms with van der Waals surface area (Å²) in [4.78, 5) is 55.1. The molecule has 1 atom stereocenters. The van der Waals surface area contributed by atoms with E-state index in [1.165, 1.54) is 12.5 Å². The second-order valence-electron chi connectivity index (χ2n) is 7.25. The van der Waals surface area contributed by atoms with Gasteiger partial charge in [0.05, 0.1) is 17.5 Å². The average molecular weight is 444 g/mol. The molecule has 0 saturated carbocycles.